The number of anilines is 1. The van der Waals surface area contributed by atoms with Crippen LogP contribution < -0.4 is 9.64 Å². The van der Waals surface area contributed by atoms with Crippen molar-refractivity contribution in [3.05, 3.63) is 36.4 Å². The van der Waals surface area contributed by atoms with Crippen LogP contribution in [0.3, 0.4) is 0 Å². The number of aromatic nitrogens is 2. The molecule has 1 aromatic carbocycles. The van der Waals surface area contributed by atoms with Crippen molar-refractivity contribution in [1.29, 1.82) is 0 Å². The van der Waals surface area contributed by atoms with Gasteiger partial charge in [-0.3, -0.25) is 0 Å². The van der Waals surface area contributed by atoms with Gasteiger partial charge in [-0.1, -0.05) is 0 Å². The molecule has 0 spiro atoms. The predicted molar refractivity (Wildman–Crippen MR) is 97.2 cm³/mol. The van der Waals surface area contributed by atoms with Crippen molar-refractivity contribution in [3.8, 4) is 17.0 Å². The molecule has 0 amide bonds. The average Bonchev–Trinajstić information content (AvgIpc) is 2.68. The molecular formula is C17H21FN4O3S. The van der Waals surface area contributed by atoms with Gasteiger partial charge in [0.25, 0.3) is 0 Å². The highest BCUT2D eigenvalue weighted by Crippen LogP contribution is 2.28. The van der Waals surface area contributed by atoms with Gasteiger partial charge in [-0.25, -0.2) is 22.8 Å². The van der Waals surface area contributed by atoms with Crippen LogP contribution in [-0.2, 0) is 10.0 Å². The lowest BCUT2D eigenvalue weighted by Gasteiger charge is -2.34. The van der Waals surface area contributed by atoms with E-state index in [9.17, 15) is 12.8 Å². The van der Waals surface area contributed by atoms with Crippen LogP contribution in [0.15, 0.2) is 30.6 Å². The van der Waals surface area contributed by atoms with E-state index in [4.69, 9.17) is 4.74 Å². The van der Waals surface area contributed by atoms with E-state index in [1.807, 2.05) is 0 Å². The van der Waals surface area contributed by atoms with E-state index in [-0.39, 0.29) is 17.3 Å². The van der Waals surface area contributed by atoms with Gasteiger partial charge in [0.15, 0.2) is 11.6 Å². The summed E-state index contributed by atoms with van der Waals surface area (Å²) in [6, 6.07) is 6.95. The Labute approximate surface area is 152 Å². The zero-order valence-corrected chi connectivity index (χ0v) is 15.5. The zero-order valence-electron chi connectivity index (χ0n) is 14.7. The second-order valence-electron chi connectivity index (χ2n) is 5.88. The first-order valence-corrected chi connectivity index (χ1v) is 9.95. The Morgan fingerprint density at radius 2 is 1.77 bits per heavy atom. The summed E-state index contributed by atoms with van der Waals surface area (Å²) in [5.41, 5.74) is 0.834. The van der Waals surface area contributed by atoms with Crippen molar-refractivity contribution in [2.75, 3.05) is 43.9 Å². The van der Waals surface area contributed by atoms with Crippen LogP contribution in [0.5, 0.6) is 5.75 Å². The maximum absolute atomic E-state index is 15.0. The van der Waals surface area contributed by atoms with Crippen molar-refractivity contribution < 1.29 is 17.5 Å². The standard InChI is InChI=1S/C17H21FN4O3S/c1-3-26(23,24)22-10-8-21(9-11-22)17-15(18)16(19-12-20-17)13-4-6-14(25-2)7-5-13/h4-7,12H,3,8-11H2,1-2H3. The fraction of sp³-hybridized carbons (Fsp3) is 0.412. The minimum absolute atomic E-state index is 0.0660. The summed E-state index contributed by atoms with van der Waals surface area (Å²) < 4.78 is 45.4. The number of piperazine rings is 1. The third kappa shape index (κ3) is 3.63. The third-order valence-corrected chi connectivity index (χ3v) is 6.31. The number of sulfonamides is 1. The Balaban J connectivity index is 1.82. The maximum Gasteiger partial charge on any atom is 0.213 e. The summed E-state index contributed by atoms with van der Waals surface area (Å²) in [5, 5.41) is 0. The molecule has 1 saturated heterocycles. The molecule has 1 aliphatic heterocycles. The molecular weight excluding hydrogens is 359 g/mol. The van der Waals surface area contributed by atoms with Gasteiger partial charge >= 0.3 is 0 Å². The molecule has 140 valence electrons. The predicted octanol–water partition coefficient (Wildman–Crippen LogP) is 1.76. The third-order valence-electron chi connectivity index (χ3n) is 4.43. The molecule has 0 atom stereocenters. The summed E-state index contributed by atoms with van der Waals surface area (Å²) in [6.45, 7) is 3.02. The molecule has 0 saturated carbocycles. The minimum Gasteiger partial charge on any atom is -0.497 e. The number of rotatable bonds is 5. The summed E-state index contributed by atoms with van der Waals surface area (Å²) >= 11 is 0. The van der Waals surface area contributed by atoms with E-state index >= 15 is 0 Å². The second-order valence-corrected chi connectivity index (χ2v) is 8.13. The van der Waals surface area contributed by atoms with Crippen LogP contribution in [0.25, 0.3) is 11.3 Å². The van der Waals surface area contributed by atoms with E-state index in [1.165, 1.54) is 10.6 Å². The Morgan fingerprint density at radius 1 is 1.12 bits per heavy atom. The number of hydrogen-bond donors (Lipinski definition) is 0. The number of methoxy groups -OCH3 is 1. The normalized spacial score (nSPS) is 15.9. The van der Waals surface area contributed by atoms with E-state index in [0.717, 1.165) is 0 Å². The van der Waals surface area contributed by atoms with Gasteiger partial charge in [-0.05, 0) is 31.2 Å². The Bertz CT molecular complexity index is 866. The fourth-order valence-electron chi connectivity index (χ4n) is 2.89. The first-order valence-electron chi connectivity index (χ1n) is 8.34. The summed E-state index contributed by atoms with van der Waals surface area (Å²) in [5.74, 6) is 0.428. The quantitative estimate of drug-likeness (QED) is 0.787. The van der Waals surface area contributed by atoms with Crippen molar-refractivity contribution in [1.82, 2.24) is 14.3 Å². The largest absolute Gasteiger partial charge is 0.497 e. The van der Waals surface area contributed by atoms with Crippen molar-refractivity contribution in [2.24, 2.45) is 0 Å². The molecule has 9 heteroatoms. The highest BCUT2D eigenvalue weighted by atomic mass is 32.2. The van der Waals surface area contributed by atoms with Crippen molar-refractivity contribution in [3.63, 3.8) is 0 Å². The number of nitrogens with zero attached hydrogens (tertiary/aromatic N) is 4. The molecule has 0 aliphatic carbocycles. The molecule has 0 radical (unpaired) electrons. The molecule has 26 heavy (non-hydrogen) atoms. The first-order chi connectivity index (χ1) is 12.5. The Kier molecular flexibility index (Phi) is 5.38. The van der Waals surface area contributed by atoms with Gasteiger partial charge < -0.3 is 9.64 Å². The summed E-state index contributed by atoms with van der Waals surface area (Å²) in [4.78, 5) is 9.90. The monoisotopic (exact) mass is 380 g/mol. The number of hydrogen-bond acceptors (Lipinski definition) is 6. The summed E-state index contributed by atoms with van der Waals surface area (Å²) in [7, 11) is -1.66. The first kappa shape index (κ1) is 18.5. The van der Waals surface area contributed by atoms with E-state index in [0.29, 0.717) is 37.5 Å². The van der Waals surface area contributed by atoms with Crippen LogP contribution in [0.1, 0.15) is 6.92 Å². The van der Waals surface area contributed by atoms with Gasteiger partial charge in [-0.15, -0.1) is 0 Å². The summed E-state index contributed by atoms with van der Waals surface area (Å²) in [6.07, 6.45) is 1.33. The van der Waals surface area contributed by atoms with Crippen LogP contribution in [0.4, 0.5) is 10.2 Å². The van der Waals surface area contributed by atoms with E-state index < -0.39 is 15.8 Å². The Morgan fingerprint density at radius 3 is 2.35 bits per heavy atom. The number of ether oxygens (including phenoxy) is 1. The van der Waals surface area contributed by atoms with Gasteiger partial charge in [0.05, 0.1) is 12.9 Å². The van der Waals surface area contributed by atoms with Crippen LogP contribution in [-0.4, -0.2) is 61.7 Å². The second kappa shape index (κ2) is 7.55. The number of halogens is 1. The molecule has 1 aromatic heterocycles. The fourth-order valence-corrected chi connectivity index (χ4v) is 3.98. The topological polar surface area (TPSA) is 75.6 Å². The lowest BCUT2D eigenvalue weighted by atomic mass is 10.1. The van der Waals surface area contributed by atoms with Crippen molar-refractivity contribution >= 4 is 15.8 Å². The SMILES string of the molecule is CCS(=O)(=O)N1CCN(c2ncnc(-c3ccc(OC)cc3)c2F)CC1. The van der Waals surface area contributed by atoms with Gasteiger partial charge in [0.2, 0.25) is 10.0 Å². The average molecular weight is 380 g/mol. The molecule has 1 aliphatic rings. The highest BCUT2D eigenvalue weighted by Gasteiger charge is 2.28. The van der Waals surface area contributed by atoms with Crippen molar-refractivity contribution in [2.45, 2.75) is 6.92 Å². The molecule has 0 unspecified atom stereocenters. The highest BCUT2D eigenvalue weighted by molar-refractivity contribution is 7.89. The lowest BCUT2D eigenvalue weighted by molar-refractivity contribution is 0.382. The Hall–Kier alpha value is -2.26. The molecule has 0 N–H and O–H groups in total. The maximum atomic E-state index is 15.0. The lowest BCUT2D eigenvalue weighted by Crippen LogP contribution is -2.49. The molecule has 2 heterocycles. The van der Waals surface area contributed by atoms with Gasteiger partial charge in [0.1, 0.15) is 17.8 Å². The molecule has 0 bridgehead atoms. The number of benzene rings is 1. The molecule has 7 nitrogen and oxygen atoms in total. The molecule has 2 aromatic rings. The van der Waals surface area contributed by atoms with E-state index in [2.05, 4.69) is 9.97 Å². The molecule has 1 fully saturated rings. The van der Waals surface area contributed by atoms with E-state index in [1.54, 1.807) is 43.2 Å². The van der Waals surface area contributed by atoms with Gasteiger partial charge in [0, 0.05) is 31.7 Å². The zero-order chi connectivity index (χ0) is 18.7. The van der Waals surface area contributed by atoms with Crippen LogP contribution in [0.2, 0.25) is 0 Å². The smallest absolute Gasteiger partial charge is 0.213 e. The molecule has 3 rings (SSSR count). The van der Waals surface area contributed by atoms with Crippen LogP contribution >= 0.6 is 0 Å². The van der Waals surface area contributed by atoms with Crippen LogP contribution in [0, 0.1) is 5.82 Å². The minimum atomic E-state index is -3.23. The van der Waals surface area contributed by atoms with Gasteiger partial charge in [-0.2, -0.15) is 4.31 Å².